The van der Waals surface area contributed by atoms with E-state index in [1.165, 1.54) is 11.3 Å². The molecule has 7 heteroatoms. The number of hydrogen-bond donors (Lipinski definition) is 0. The van der Waals surface area contributed by atoms with E-state index < -0.39 is 0 Å². The highest BCUT2D eigenvalue weighted by atomic mass is 32.1. The molecule has 130 valence electrons. The van der Waals surface area contributed by atoms with E-state index in [4.69, 9.17) is 0 Å². The molecule has 0 atom stereocenters. The predicted octanol–water partition coefficient (Wildman–Crippen LogP) is 4.21. The van der Waals surface area contributed by atoms with Crippen LogP contribution in [0.15, 0.2) is 55.0 Å². The van der Waals surface area contributed by atoms with E-state index in [1.807, 2.05) is 42.6 Å². The van der Waals surface area contributed by atoms with Gasteiger partial charge in [-0.2, -0.15) is 0 Å². The highest BCUT2D eigenvalue weighted by molar-refractivity contribution is 7.20. The molecule has 0 aliphatic rings. The number of carbonyl (C=O) groups excluding carboxylic acids is 1. The topological polar surface area (TPSA) is 63.4 Å². The maximum absolute atomic E-state index is 11.6. The lowest BCUT2D eigenvalue weighted by molar-refractivity contribution is 0.101. The van der Waals surface area contributed by atoms with Gasteiger partial charge in [-0.15, -0.1) is 5.10 Å². The minimum absolute atomic E-state index is 0.0456. The van der Waals surface area contributed by atoms with Gasteiger partial charge in [0.15, 0.2) is 5.78 Å². The van der Waals surface area contributed by atoms with E-state index in [-0.39, 0.29) is 5.78 Å². The minimum Gasteiger partial charge on any atom is -0.317 e. The van der Waals surface area contributed by atoms with Crippen LogP contribution in [0.3, 0.4) is 0 Å². The molecule has 0 radical (unpaired) electrons. The fraction of sp³-hybridized carbons (Fsp3) is 0.158. The van der Waals surface area contributed by atoms with Crippen LogP contribution in [-0.2, 0) is 0 Å². The second kappa shape index (κ2) is 6.68. The highest BCUT2D eigenvalue weighted by Crippen LogP contribution is 2.31. The molecule has 0 fully saturated rings. The number of nitrogens with zero attached hydrogens (tertiary/aromatic N) is 5. The summed E-state index contributed by atoms with van der Waals surface area (Å²) in [6.45, 7) is 4.45. The molecular formula is C19H17N5OS. The Morgan fingerprint density at radius 3 is 2.73 bits per heavy atom. The number of carbonyl (C=O) groups is 1. The van der Waals surface area contributed by atoms with Crippen molar-refractivity contribution in [2.24, 2.45) is 0 Å². The lowest BCUT2D eigenvalue weighted by Crippen LogP contribution is -2.15. The number of rotatable bonds is 5. The Labute approximate surface area is 154 Å². The average molecular weight is 363 g/mol. The molecule has 26 heavy (non-hydrogen) atoms. The molecule has 6 nitrogen and oxygen atoms in total. The van der Waals surface area contributed by atoms with E-state index in [1.54, 1.807) is 23.8 Å². The molecule has 0 spiro atoms. The van der Waals surface area contributed by atoms with Crippen LogP contribution in [-0.4, -0.2) is 31.9 Å². The van der Waals surface area contributed by atoms with Crippen molar-refractivity contribution < 1.29 is 4.79 Å². The molecule has 0 unspecified atom stereocenters. The summed E-state index contributed by atoms with van der Waals surface area (Å²) >= 11 is 1.53. The van der Waals surface area contributed by atoms with Gasteiger partial charge in [0.25, 0.3) is 0 Å². The zero-order valence-corrected chi connectivity index (χ0v) is 15.3. The summed E-state index contributed by atoms with van der Waals surface area (Å²) < 4.78 is 1.79. The van der Waals surface area contributed by atoms with E-state index in [0.29, 0.717) is 5.56 Å². The van der Waals surface area contributed by atoms with E-state index in [0.717, 1.165) is 33.6 Å². The van der Waals surface area contributed by atoms with Crippen molar-refractivity contribution >= 4 is 32.9 Å². The molecule has 3 heterocycles. The summed E-state index contributed by atoms with van der Waals surface area (Å²) in [5.74, 6) is 0.0456. The predicted molar refractivity (Wildman–Crippen MR) is 103 cm³/mol. The van der Waals surface area contributed by atoms with Crippen molar-refractivity contribution in [2.45, 2.75) is 13.8 Å². The van der Waals surface area contributed by atoms with Crippen molar-refractivity contribution in [3.05, 3.63) is 60.6 Å². The maximum Gasteiger partial charge on any atom is 0.214 e. The van der Waals surface area contributed by atoms with Crippen LogP contribution in [0.25, 0.3) is 16.2 Å². The average Bonchev–Trinajstić information content (AvgIpc) is 3.22. The Morgan fingerprint density at radius 2 is 2.04 bits per heavy atom. The van der Waals surface area contributed by atoms with Crippen molar-refractivity contribution in [3.8, 4) is 11.3 Å². The summed E-state index contributed by atoms with van der Waals surface area (Å²) in [6, 6.07) is 11.4. The zero-order valence-electron chi connectivity index (χ0n) is 14.5. The summed E-state index contributed by atoms with van der Waals surface area (Å²) in [7, 11) is 0. The smallest absolute Gasteiger partial charge is 0.214 e. The number of hydrogen-bond acceptors (Lipinski definition) is 6. The van der Waals surface area contributed by atoms with Crippen molar-refractivity contribution in [1.82, 2.24) is 19.6 Å². The first-order valence-electron chi connectivity index (χ1n) is 8.31. The molecule has 0 aliphatic carbocycles. The van der Waals surface area contributed by atoms with E-state index in [2.05, 4.69) is 26.9 Å². The monoisotopic (exact) mass is 363 g/mol. The summed E-state index contributed by atoms with van der Waals surface area (Å²) in [5, 5.41) is 5.56. The van der Waals surface area contributed by atoms with Crippen molar-refractivity contribution in [2.75, 3.05) is 11.4 Å². The van der Waals surface area contributed by atoms with Gasteiger partial charge >= 0.3 is 0 Å². The normalized spacial score (nSPS) is 11.0. The van der Waals surface area contributed by atoms with Crippen LogP contribution in [0.5, 0.6) is 0 Å². The molecule has 1 aromatic carbocycles. The first kappa shape index (κ1) is 16.4. The summed E-state index contributed by atoms with van der Waals surface area (Å²) in [4.78, 5) is 23.3. The Kier molecular flexibility index (Phi) is 4.22. The number of Topliss-reactive ketones (excluding diaryl/α,β-unsaturated/α-hetero) is 1. The molecule has 0 bridgehead atoms. The van der Waals surface area contributed by atoms with Gasteiger partial charge in [0.2, 0.25) is 10.1 Å². The molecule has 0 N–H and O–H groups in total. The molecule has 4 rings (SSSR count). The van der Waals surface area contributed by atoms with Gasteiger partial charge in [-0.25, -0.2) is 9.50 Å². The Hall–Kier alpha value is -3.06. The maximum atomic E-state index is 11.6. The Morgan fingerprint density at radius 1 is 1.23 bits per heavy atom. The number of pyridine rings is 1. The number of benzene rings is 1. The first-order chi connectivity index (χ1) is 12.7. The summed E-state index contributed by atoms with van der Waals surface area (Å²) in [5.41, 5.74) is 3.46. The standard InChI is InChI=1S/C19H17N5OS/c1-3-23(16-7-9-20-10-8-16)19-22-24-12-17(21-18(24)26-19)15-6-4-5-14(11-15)13(2)25/h4-12H,3H2,1-2H3. The lowest BCUT2D eigenvalue weighted by atomic mass is 10.1. The largest absolute Gasteiger partial charge is 0.317 e. The van der Waals surface area contributed by atoms with Crippen LogP contribution in [0.1, 0.15) is 24.2 Å². The van der Waals surface area contributed by atoms with Crippen molar-refractivity contribution in [3.63, 3.8) is 0 Å². The number of imidazole rings is 1. The van der Waals surface area contributed by atoms with Gasteiger partial charge in [-0.1, -0.05) is 29.5 Å². The fourth-order valence-corrected chi connectivity index (χ4v) is 3.76. The fourth-order valence-electron chi connectivity index (χ4n) is 2.79. The Balaban J connectivity index is 1.69. The lowest BCUT2D eigenvalue weighted by Gasteiger charge is -2.18. The Bertz CT molecular complexity index is 1040. The number of aromatic nitrogens is 4. The molecule has 0 saturated heterocycles. The van der Waals surface area contributed by atoms with Gasteiger partial charge in [0.05, 0.1) is 11.9 Å². The third-order valence-corrected chi connectivity index (χ3v) is 5.06. The molecule has 3 aromatic heterocycles. The molecular weight excluding hydrogens is 346 g/mol. The van der Waals surface area contributed by atoms with Gasteiger partial charge in [-0.05, 0) is 32.0 Å². The molecule has 4 aromatic rings. The minimum atomic E-state index is 0.0456. The number of anilines is 2. The van der Waals surface area contributed by atoms with Crippen LogP contribution >= 0.6 is 11.3 Å². The quantitative estimate of drug-likeness (QED) is 0.497. The van der Waals surface area contributed by atoms with Crippen LogP contribution in [0.2, 0.25) is 0 Å². The van der Waals surface area contributed by atoms with E-state index >= 15 is 0 Å². The second-order valence-corrected chi connectivity index (χ2v) is 6.76. The van der Waals surface area contributed by atoms with Crippen molar-refractivity contribution in [1.29, 1.82) is 0 Å². The van der Waals surface area contributed by atoms with Gasteiger partial charge in [0.1, 0.15) is 0 Å². The van der Waals surface area contributed by atoms with Crippen LogP contribution < -0.4 is 4.90 Å². The molecule has 0 aliphatic heterocycles. The third kappa shape index (κ3) is 2.97. The van der Waals surface area contributed by atoms with Crippen LogP contribution in [0, 0.1) is 0 Å². The first-order valence-corrected chi connectivity index (χ1v) is 9.12. The zero-order chi connectivity index (χ0) is 18.1. The SMILES string of the molecule is CCN(c1ccncc1)c1nn2cc(-c3cccc(C(C)=O)c3)nc2s1. The number of ketones is 1. The van der Waals surface area contributed by atoms with E-state index in [9.17, 15) is 4.79 Å². The van der Waals surface area contributed by atoms with Gasteiger partial charge in [0, 0.05) is 35.8 Å². The van der Waals surface area contributed by atoms with Gasteiger partial charge < -0.3 is 4.90 Å². The van der Waals surface area contributed by atoms with Gasteiger partial charge in [-0.3, -0.25) is 9.78 Å². The number of fused-ring (bicyclic) bond motifs is 1. The highest BCUT2D eigenvalue weighted by Gasteiger charge is 2.15. The second-order valence-electron chi connectivity index (χ2n) is 5.82. The van der Waals surface area contributed by atoms with Crippen LogP contribution in [0.4, 0.5) is 10.8 Å². The third-order valence-electron chi connectivity index (χ3n) is 4.12. The molecule has 0 saturated carbocycles. The molecule has 0 amide bonds. The summed E-state index contributed by atoms with van der Waals surface area (Å²) in [6.07, 6.45) is 5.45.